The highest BCUT2D eigenvalue weighted by molar-refractivity contribution is 6.31. The normalized spacial score (nSPS) is 10.2. The molecule has 0 fully saturated rings. The number of rotatable bonds is 3. The monoisotopic (exact) mass is 251 g/mol. The SMILES string of the molecule is Nc1cc(Cl)ccc1C(=O)NCc1ncn[nH]1. The van der Waals surface area contributed by atoms with E-state index in [-0.39, 0.29) is 12.5 Å². The first kappa shape index (κ1) is 11.4. The number of aromatic nitrogens is 3. The van der Waals surface area contributed by atoms with Crippen LogP contribution in [0.2, 0.25) is 5.02 Å². The van der Waals surface area contributed by atoms with Gasteiger partial charge in [-0.25, -0.2) is 4.98 Å². The van der Waals surface area contributed by atoms with Crippen LogP contribution in [-0.2, 0) is 6.54 Å². The number of halogens is 1. The topological polar surface area (TPSA) is 96.7 Å². The van der Waals surface area contributed by atoms with Crippen LogP contribution >= 0.6 is 11.6 Å². The van der Waals surface area contributed by atoms with Gasteiger partial charge in [0, 0.05) is 10.7 Å². The second-order valence-electron chi connectivity index (χ2n) is 3.35. The standard InChI is InChI=1S/C10H10ClN5O/c11-6-1-2-7(8(12)3-6)10(17)13-4-9-14-5-15-16-9/h1-3,5H,4,12H2,(H,13,17)(H,14,15,16). The Kier molecular flexibility index (Phi) is 3.24. The van der Waals surface area contributed by atoms with E-state index in [9.17, 15) is 4.79 Å². The number of nitrogen functional groups attached to an aromatic ring is 1. The maximum absolute atomic E-state index is 11.8. The Morgan fingerprint density at radius 2 is 2.35 bits per heavy atom. The molecule has 17 heavy (non-hydrogen) atoms. The molecule has 0 saturated heterocycles. The predicted molar refractivity (Wildman–Crippen MR) is 63.4 cm³/mol. The number of benzene rings is 1. The summed E-state index contributed by atoms with van der Waals surface area (Å²) >= 11 is 5.74. The van der Waals surface area contributed by atoms with E-state index in [2.05, 4.69) is 20.5 Å². The highest BCUT2D eigenvalue weighted by Gasteiger charge is 2.09. The fraction of sp³-hybridized carbons (Fsp3) is 0.100. The summed E-state index contributed by atoms with van der Waals surface area (Å²) < 4.78 is 0. The minimum absolute atomic E-state index is 0.265. The summed E-state index contributed by atoms with van der Waals surface area (Å²) in [5, 5.41) is 9.47. The molecule has 0 saturated carbocycles. The Hall–Kier alpha value is -2.08. The molecule has 1 amide bonds. The van der Waals surface area contributed by atoms with E-state index in [1.807, 2.05) is 0 Å². The maximum Gasteiger partial charge on any atom is 0.253 e. The lowest BCUT2D eigenvalue weighted by Gasteiger charge is -2.06. The van der Waals surface area contributed by atoms with Crippen LogP contribution in [0.4, 0.5) is 5.69 Å². The van der Waals surface area contributed by atoms with Crippen LogP contribution in [0, 0.1) is 0 Å². The van der Waals surface area contributed by atoms with E-state index in [0.717, 1.165) is 0 Å². The van der Waals surface area contributed by atoms with Crippen molar-refractivity contribution in [3.05, 3.63) is 40.9 Å². The van der Waals surface area contributed by atoms with Crippen LogP contribution in [-0.4, -0.2) is 21.1 Å². The molecule has 0 aliphatic heterocycles. The number of carbonyl (C=O) groups is 1. The Morgan fingerprint density at radius 3 is 3.00 bits per heavy atom. The minimum atomic E-state index is -0.282. The smallest absolute Gasteiger partial charge is 0.253 e. The maximum atomic E-state index is 11.8. The summed E-state index contributed by atoms with van der Waals surface area (Å²) in [6, 6.07) is 4.72. The lowest BCUT2D eigenvalue weighted by Crippen LogP contribution is -2.24. The van der Waals surface area contributed by atoms with E-state index in [1.165, 1.54) is 12.4 Å². The van der Waals surface area contributed by atoms with Gasteiger partial charge < -0.3 is 11.1 Å². The molecule has 2 aromatic rings. The number of H-pyrrole nitrogens is 1. The molecule has 7 heteroatoms. The van der Waals surface area contributed by atoms with Crippen LogP contribution < -0.4 is 11.1 Å². The molecule has 0 spiro atoms. The fourth-order valence-corrected chi connectivity index (χ4v) is 1.50. The van der Waals surface area contributed by atoms with Crippen LogP contribution in [0.15, 0.2) is 24.5 Å². The van der Waals surface area contributed by atoms with Gasteiger partial charge in [-0.2, -0.15) is 5.10 Å². The Labute approximate surface area is 102 Å². The molecule has 6 nitrogen and oxygen atoms in total. The fourth-order valence-electron chi connectivity index (χ4n) is 1.32. The number of amides is 1. The number of carbonyl (C=O) groups excluding carboxylic acids is 1. The number of hydrogen-bond acceptors (Lipinski definition) is 4. The number of nitrogens with one attached hydrogen (secondary N) is 2. The molecule has 2 rings (SSSR count). The summed E-state index contributed by atoms with van der Waals surface area (Å²) in [6.45, 7) is 0.265. The molecular weight excluding hydrogens is 242 g/mol. The number of hydrogen-bond donors (Lipinski definition) is 3. The van der Waals surface area contributed by atoms with Crippen LogP contribution in [0.25, 0.3) is 0 Å². The molecule has 88 valence electrons. The number of nitrogens with two attached hydrogens (primary N) is 1. The van der Waals surface area contributed by atoms with Crippen molar-refractivity contribution in [2.45, 2.75) is 6.54 Å². The molecule has 1 aromatic heterocycles. The lowest BCUT2D eigenvalue weighted by atomic mass is 10.1. The van der Waals surface area contributed by atoms with E-state index < -0.39 is 0 Å². The summed E-state index contributed by atoms with van der Waals surface area (Å²) in [5.41, 5.74) is 6.41. The molecule has 0 atom stereocenters. The van der Waals surface area contributed by atoms with Crippen molar-refractivity contribution in [2.24, 2.45) is 0 Å². The van der Waals surface area contributed by atoms with E-state index in [1.54, 1.807) is 12.1 Å². The van der Waals surface area contributed by atoms with E-state index in [4.69, 9.17) is 17.3 Å². The van der Waals surface area contributed by atoms with Gasteiger partial charge in [0.2, 0.25) is 0 Å². The second-order valence-corrected chi connectivity index (χ2v) is 3.78. The van der Waals surface area contributed by atoms with E-state index >= 15 is 0 Å². The average Bonchev–Trinajstić information content (AvgIpc) is 2.78. The quantitative estimate of drug-likeness (QED) is 0.708. The Balaban J connectivity index is 2.04. The van der Waals surface area contributed by atoms with Gasteiger partial charge in [0.25, 0.3) is 5.91 Å². The van der Waals surface area contributed by atoms with Crippen molar-refractivity contribution in [3.8, 4) is 0 Å². The number of aromatic amines is 1. The zero-order valence-electron chi connectivity index (χ0n) is 8.77. The van der Waals surface area contributed by atoms with Crippen molar-refractivity contribution >= 4 is 23.2 Å². The first-order valence-electron chi connectivity index (χ1n) is 4.84. The van der Waals surface area contributed by atoms with Gasteiger partial charge in [0.05, 0.1) is 12.1 Å². The minimum Gasteiger partial charge on any atom is -0.398 e. The molecule has 0 aliphatic carbocycles. The van der Waals surface area contributed by atoms with Crippen LogP contribution in [0.3, 0.4) is 0 Å². The van der Waals surface area contributed by atoms with Gasteiger partial charge in [-0.15, -0.1) is 0 Å². The van der Waals surface area contributed by atoms with Gasteiger partial charge in [-0.1, -0.05) is 11.6 Å². The summed E-state index contributed by atoms with van der Waals surface area (Å²) in [7, 11) is 0. The molecule has 0 bridgehead atoms. The van der Waals surface area contributed by atoms with Gasteiger partial charge in [0.15, 0.2) is 0 Å². The summed E-state index contributed by atoms with van der Waals surface area (Å²) in [4.78, 5) is 15.7. The van der Waals surface area contributed by atoms with Crippen molar-refractivity contribution in [2.75, 3.05) is 5.73 Å². The Bertz CT molecular complexity index is 525. The largest absolute Gasteiger partial charge is 0.398 e. The summed E-state index contributed by atoms with van der Waals surface area (Å²) in [5.74, 6) is 0.293. The van der Waals surface area contributed by atoms with Gasteiger partial charge >= 0.3 is 0 Å². The van der Waals surface area contributed by atoms with Gasteiger partial charge in [0.1, 0.15) is 12.2 Å². The first-order valence-corrected chi connectivity index (χ1v) is 5.22. The highest BCUT2D eigenvalue weighted by atomic mass is 35.5. The molecular formula is C10H10ClN5O. The number of nitrogens with zero attached hydrogens (tertiary/aromatic N) is 2. The molecule has 1 heterocycles. The summed E-state index contributed by atoms with van der Waals surface area (Å²) in [6.07, 6.45) is 1.37. The lowest BCUT2D eigenvalue weighted by molar-refractivity contribution is 0.0951. The van der Waals surface area contributed by atoms with Gasteiger partial charge in [-0.05, 0) is 18.2 Å². The van der Waals surface area contributed by atoms with Crippen LogP contribution in [0.5, 0.6) is 0 Å². The van der Waals surface area contributed by atoms with Crippen molar-refractivity contribution < 1.29 is 4.79 Å². The third-order valence-electron chi connectivity index (χ3n) is 2.14. The van der Waals surface area contributed by atoms with Crippen LogP contribution in [0.1, 0.15) is 16.2 Å². The highest BCUT2D eigenvalue weighted by Crippen LogP contribution is 2.17. The van der Waals surface area contributed by atoms with Crippen molar-refractivity contribution in [1.29, 1.82) is 0 Å². The molecule has 0 unspecified atom stereocenters. The average molecular weight is 252 g/mol. The molecule has 4 N–H and O–H groups in total. The third kappa shape index (κ3) is 2.73. The zero-order chi connectivity index (χ0) is 12.3. The molecule has 1 aromatic carbocycles. The predicted octanol–water partition coefficient (Wildman–Crippen LogP) is 0.970. The van der Waals surface area contributed by atoms with E-state index in [0.29, 0.717) is 22.1 Å². The van der Waals surface area contributed by atoms with Crippen molar-refractivity contribution in [1.82, 2.24) is 20.5 Å². The second kappa shape index (κ2) is 4.84. The van der Waals surface area contributed by atoms with Gasteiger partial charge in [-0.3, -0.25) is 9.89 Å². The number of anilines is 1. The third-order valence-corrected chi connectivity index (χ3v) is 2.37. The molecule has 0 aliphatic rings. The zero-order valence-corrected chi connectivity index (χ0v) is 9.53. The van der Waals surface area contributed by atoms with Crippen molar-refractivity contribution in [3.63, 3.8) is 0 Å². The first-order chi connectivity index (χ1) is 8.16. The Morgan fingerprint density at radius 1 is 1.53 bits per heavy atom. The molecule has 0 radical (unpaired) electrons.